The van der Waals surface area contributed by atoms with E-state index < -0.39 is 0 Å². The molecule has 0 amide bonds. The van der Waals surface area contributed by atoms with E-state index in [0.29, 0.717) is 0 Å². The van der Waals surface area contributed by atoms with Crippen molar-refractivity contribution in [2.24, 2.45) is 0 Å². The molecule has 6 nitrogen and oxygen atoms in total. The second-order valence-electron chi connectivity index (χ2n) is 8.69. The Morgan fingerprint density at radius 1 is 0.788 bits per heavy atom. The molecule has 33 heavy (non-hydrogen) atoms. The van der Waals surface area contributed by atoms with E-state index in [4.69, 9.17) is 10.2 Å². The fraction of sp³-hybridized carbons (Fsp3) is 0.222. The van der Waals surface area contributed by atoms with Crippen molar-refractivity contribution in [3.05, 3.63) is 119 Å². The van der Waals surface area contributed by atoms with E-state index >= 15 is 0 Å². The molecule has 5 aromatic rings. The van der Waals surface area contributed by atoms with Crippen LogP contribution >= 0.6 is 0 Å². The van der Waals surface area contributed by atoms with E-state index in [2.05, 4.69) is 112 Å². The van der Waals surface area contributed by atoms with Crippen molar-refractivity contribution < 1.29 is 4.57 Å². The van der Waals surface area contributed by atoms with Crippen LogP contribution in [-0.2, 0) is 6.54 Å². The molecule has 0 aliphatic rings. The summed E-state index contributed by atoms with van der Waals surface area (Å²) in [5.41, 5.74) is 7.78. The Balaban J connectivity index is 1.47. The minimum Gasteiger partial charge on any atom is -0.240 e. The molecule has 0 saturated heterocycles. The Hall–Kier alpha value is -3.93. The van der Waals surface area contributed by atoms with E-state index in [9.17, 15) is 0 Å². The molecule has 6 heteroatoms. The normalized spacial score (nSPS) is 11.4. The molecule has 0 aliphatic carbocycles. The standard InChI is InChI=1S/C27H29N6/c1-20-16-22(3)32(28-20)27(33-23(4)17-21(2)29-33)25-10-12-26(13-11-25)31-15-14-30(19-31)18-24-8-6-5-7-9-24/h5-17,19,27H,18H2,1-4H3/q+1. The quantitative estimate of drug-likeness (QED) is 0.366. The van der Waals surface area contributed by atoms with Gasteiger partial charge >= 0.3 is 0 Å². The predicted molar refractivity (Wildman–Crippen MR) is 128 cm³/mol. The smallest absolute Gasteiger partial charge is 0.240 e. The fourth-order valence-corrected chi connectivity index (χ4v) is 4.43. The number of rotatable bonds is 6. The van der Waals surface area contributed by atoms with Crippen LogP contribution in [0.3, 0.4) is 0 Å². The van der Waals surface area contributed by atoms with E-state index in [0.717, 1.165) is 40.6 Å². The van der Waals surface area contributed by atoms with Gasteiger partial charge in [0.15, 0.2) is 6.17 Å². The lowest BCUT2D eigenvalue weighted by molar-refractivity contribution is -0.687. The zero-order valence-corrected chi connectivity index (χ0v) is 19.6. The first-order valence-electron chi connectivity index (χ1n) is 11.2. The second kappa shape index (κ2) is 8.54. The largest absolute Gasteiger partial charge is 0.249 e. The maximum atomic E-state index is 4.78. The molecule has 5 rings (SSSR count). The van der Waals surface area contributed by atoms with Crippen molar-refractivity contribution in [2.75, 3.05) is 0 Å². The molecule has 0 atom stereocenters. The molecule has 0 fully saturated rings. The third-order valence-corrected chi connectivity index (χ3v) is 5.94. The van der Waals surface area contributed by atoms with Crippen LogP contribution in [0, 0.1) is 27.7 Å². The van der Waals surface area contributed by atoms with E-state index in [1.165, 1.54) is 5.56 Å². The number of nitrogens with zero attached hydrogens (tertiary/aromatic N) is 6. The molecule has 0 N–H and O–H groups in total. The number of benzene rings is 2. The third kappa shape index (κ3) is 4.24. The lowest BCUT2D eigenvalue weighted by atomic mass is 10.1. The van der Waals surface area contributed by atoms with Crippen molar-refractivity contribution in [2.45, 2.75) is 40.4 Å². The molecule has 0 aliphatic heterocycles. The fourth-order valence-electron chi connectivity index (χ4n) is 4.43. The predicted octanol–water partition coefficient (Wildman–Crippen LogP) is 4.53. The Morgan fingerprint density at radius 2 is 1.39 bits per heavy atom. The van der Waals surface area contributed by atoms with Gasteiger partial charge < -0.3 is 0 Å². The van der Waals surface area contributed by atoms with Crippen LogP contribution in [0.1, 0.15) is 40.1 Å². The first kappa shape index (κ1) is 20.9. The molecule has 3 heterocycles. The van der Waals surface area contributed by atoms with Crippen LogP contribution in [0.25, 0.3) is 5.69 Å². The summed E-state index contributed by atoms with van der Waals surface area (Å²) < 4.78 is 8.46. The van der Waals surface area contributed by atoms with Gasteiger partial charge in [-0.05, 0) is 63.1 Å². The Labute approximate surface area is 194 Å². The number of aromatic nitrogens is 6. The van der Waals surface area contributed by atoms with Gasteiger partial charge in [-0.3, -0.25) is 0 Å². The maximum absolute atomic E-state index is 4.78. The van der Waals surface area contributed by atoms with E-state index in [-0.39, 0.29) is 6.17 Å². The van der Waals surface area contributed by atoms with Crippen LogP contribution in [0.15, 0.2) is 85.5 Å². The summed E-state index contributed by atoms with van der Waals surface area (Å²) in [6.07, 6.45) is 6.20. The highest BCUT2D eigenvalue weighted by Crippen LogP contribution is 2.25. The topological polar surface area (TPSA) is 44.5 Å². The van der Waals surface area contributed by atoms with Crippen LogP contribution < -0.4 is 4.57 Å². The Kier molecular flexibility index (Phi) is 5.42. The molecule has 0 saturated carbocycles. The van der Waals surface area contributed by atoms with Crippen LogP contribution in [0.5, 0.6) is 0 Å². The molecule has 2 aromatic carbocycles. The summed E-state index contributed by atoms with van der Waals surface area (Å²) in [5.74, 6) is 0. The summed E-state index contributed by atoms with van der Waals surface area (Å²) in [6.45, 7) is 9.10. The zero-order valence-electron chi connectivity index (χ0n) is 19.6. The summed E-state index contributed by atoms with van der Waals surface area (Å²) in [4.78, 5) is 0. The van der Waals surface area contributed by atoms with Gasteiger partial charge in [-0.2, -0.15) is 10.2 Å². The van der Waals surface area contributed by atoms with Crippen LogP contribution in [0.4, 0.5) is 0 Å². The highest BCUT2D eigenvalue weighted by atomic mass is 15.5. The Bertz CT molecular complexity index is 1330. The number of hydrogen-bond donors (Lipinski definition) is 0. The average molecular weight is 438 g/mol. The lowest BCUT2D eigenvalue weighted by Gasteiger charge is -2.22. The van der Waals surface area contributed by atoms with Crippen molar-refractivity contribution in [3.8, 4) is 5.69 Å². The van der Waals surface area contributed by atoms with Crippen molar-refractivity contribution in [1.82, 2.24) is 24.1 Å². The minimum absolute atomic E-state index is 0.130. The summed E-state index contributed by atoms with van der Waals surface area (Å²) in [5, 5.41) is 9.57. The SMILES string of the molecule is Cc1cc(C)n(C(c2ccc(-n3cc[n+](Cc4ccccc4)c3)cc2)n2nc(C)cc2C)n1. The van der Waals surface area contributed by atoms with Crippen LogP contribution in [-0.4, -0.2) is 24.1 Å². The third-order valence-electron chi connectivity index (χ3n) is 5.94. The molecule has 0 bridgehead atoms. The van der Waals surface area contributed by atoms with Gasteiger partial charge in [0.2, 0.25) is 6.33 Å². The number of hydrogen-bond acceptors (Lipinski definition) is 2. The molecule has 0 unspecified atom stereocenters. The van der Waals surface area contributed by atoms with Crippen molar-refractivity contribution in [3.63, 3.8) is 0 Å². The van der Waals surface area contributed by atoms with Crippen molar-refractivity contribution in [1.29, 1.82) is 0 Å². The van der Waals surface area contributed by atoms with Gasteiger partial charge in [0.05, 0.1) is 11.4 Å². The summed E-state index contributed by atoms with van der Waals surface area (Å²) in [6, 6.07) is 23.4. The monoisotopic (exact) mass is 437 g/mol. The average Bonchev–Trinajstić information content (AvgIpc) is 3.49. The van der Waals surface area contributed by atoms with E-state index in [1.807, 2.05) is 19.9 Å². The molecule has 0 spiro atoms. The van der Waals surface area contributed by atoms with Gasteiger partial charge in [-0.15, -0.1) is 0 Å². The van der Waals surface area contributed by atoms with Gasteiger partial charge in [0.25, 0.3) is 0 Å². The van der Waals surface area contributed by atoms with E-state index in [1.54, 1.807) is 0 Å². The Morgan fingerprint density at radius 3 is 1.94 bits per heavy atom. The number of imidazole rings is 1. The highest BCUT2D eigenvalue weighted by Gasteiger charge is 2.22. The first-order valence-corrected chi connectivity index (χ1v) is 11.2. The minimum atomic E-state index is -0.130. The first-order chi connectivity index (χ1) is 16.0. The molecular weight excluding hydrogens is 408 g/mol. The van der Waals surface area contributed by atoms with Gasteiger partial charge in [0, 0.05) is 11.4 Å². The lowest BCUT2D eigenvalue weighted by Crippen LogP contribution is -2.31. The summed E-state index contributed by atoms with van der Waals surface area (Å²) in [7, 11) is 0. The summed E-state index contributed by atoms with van der Waals surface area (Å²) >= 11 is 0. The zero-order chi connectivity index (χ0) is 22.9. The molecule has 3 aromatic heterocycles. The number of aryl methyl sites for hydroxylation is 4. The van der Waals surface area contributed by atoms with Crippen LogP contribution in [0.2, 0.25) is 0 Å². The molecular formula is C27H29N6+. The maximum Gasteiger partial charge on any atom is 0.249 e. The van der Waals surface area contributed by atoms with Crippen molar-refractivity contribution >= 4 is 0 Å². The van der Waals surface area contributed by atoms with Gasteiger partial charge in [-0.25, -0.2) is 18.5 Å². The molecule has 166 valence electrons. The van der Waals surface area contributed by atoms with Gasteiger partial charge in [-0.1, -0.05) is 42.5 Å². The van der Waals surface area contributed by atoms with Gasteiger partial charge in [0.1, 0.15) is 24.6 Å². The second-order valence-corrected chi connectivity index (χ2v) is 8.69. The molecule has 0 radical (unpaired) electrons. The highest BCUT2D eigenvalue weighted by molar-refractivity contribution is 5.36.